The first-order valence-corrected chi connectivity index (χ1v) is 14.5. The quantitative estimate of drug-likeness (QED) is 0.315. The van der Waals surface area contributed by atoms with Gasteiger partial charge < -0.3 is 34.4 Å². The predicted octanol–water partition coefficient (Wildman–Crippen LogP) is 2.53. The zero-order valence-electron chi connectivity index (χ0n) is 22.4. The lowest BCUT2D eigenvalue weighted by molar-refractivity contribution is -0.211. The van der Waals surface area contributed by atoms with Crippen molar-refractivity contribution in [2.24, 2.45) is 0 Å². The van der Waals surface area contributed by atoms with Crippen LogP contribution in [0.4, 0.5) is 14.5 Å². The van der Waals surface area contributed by atoms with Crippen molar-refractivity contribution in [3.05, 3.63) is 62.7 Å². The minimum absolute atomic E-state index is 0.0240. The molecule has 226 valence electrons. The van der Waals surface area contributed by atoms with Gasteiger partial charge in [-0.1, -0.05) is 21.1 Å². The number of anilines is 1. The van der Waals surface area contributed by atoms with Gasteiger partial charge >= 0.3 is 0 Å². The molecule has 2 saturated heterocycles. The zero-order valence-corrected chi connectivity index (χ0v) is 25.6. The summed E-state index contributed by atoms with van der Waals surface area (Å²) in [6.07, 6.45) is -4.98. The van der Waals surface area contributed by atoms with Gasteiger partial charge in [-0.25, -0.2) is 13.5 Å². The second-order valence-corrected chi connectivity index (χ2v) is 11.9. The molecule has 42 heavy (non-hydrogen) atoms. The molecule has 0 saturated carbocycles. The van der Waals surface area contributed by atoms with Crippen LogP contribution in [0.15, 0.2) is 45.5 Å². The average molecular weight is 718 g/mol. The number of hydrogen-bond donors (Lipinski definition) is 3. The van der Waals surface area contributed by atoms with Gasteiger partial charge in [0.25, 0.3) is 5.91 Å². The first-order chi connectivity index (χ1) is 20.0. The molecular weight excluding hydrogens is 690 g/mol. The lowest BCUT2D eigenvalue weighted by Gasteiger charge is -2.45. The molecule has 15 heteroatoms. The second kappa shape index (κ2) is 12.7. The van der Waals surface area contributed by atoms with Crippen molar-refractivity contribution in [3.63, 3.8) is 0 Å². The van der Waals surface area contributed by atoms with E-state index in [4.69, 9.17) is 14.2 Å². The van der Waals surface area contributed by atoms with Crippen molar-refractivity contribution in [1.82, 2.24) is 15.0 Å². The van der Waals surface area contributed by atoms with Crippen LogP contribution in [0.3, 0.4) is 0 Å². The molecule has 3 N–H and O–H groups in total. The Balaban J connectivity index is 1.55. The molecule has 2 aliphatic rings. The normalized spacial score (nSPS) is 27.8. The Morgan fingerprint density at radius 3 is 2.60 bits per heavy atom. The van der Waals surface area contributed by atoms with Crippen molar-refractivity contribution in [1.29, 1.82) is 0 Å². The number of methoxy groups -OCH3 is 1. The second-order valence-electron chi connectivity index (χ2n) is 10.1. The van der Waals surface area contributed by atoms with Crippen LogP contribution in [0.1, 0.15) is 11.6 Å². The van der Waals surface area contributed by atoms with Gasteiger partial charge in [0.05, 0.1) is 36.5 Å². The van der Waals surface area contributed by atoms with E-state index in [1.807, 2.05) is 13.0 Å². The number of carbonyl (C=O) groups is 1. The largest absolute Gasteiger partial charge is 0.394 e. The van der Waals surface area contributed by atoms with E-state index in [1.54, 1.807) is 12.1 Å². The van der Waals surface area contributed by atoms with E-state index < -0.39 is 66.8 Å². The number of aliphatic hydroxyl groups is 3. The van der Waals surface area contributed by atoms with Crippen molar-refractivity contribution in [2.45, 2.75) is 49.5 Å². The highest BCUT2D eigenvalue weighted by molar-refractivity contribution is 9.10. The highest BCUT2D eigenvalue weighted by Gasteiger charge is 2.52. The van der Waals surface area contributed by atoms with E-state index in [0.717, 1.165) is 5.56 Å². The highest BCUT2D eigenvalue weighted by atomic mass is 79.9. The number of benzene rings is 2. The molecule has 2 fully saturated rings. The molecule has 3 aromatic rings. The lowest BCUT2D eigenvalue weighted by atomic mass is 9.91. The fourth-order valence-corrected chi connectivity index (χ4v) is 6.28. The minimum Gasteiger partial charge on any atom is -0.394 e. The fourth-order valence-electron chi connectivity index (χ4n) is 5.38. The highest BCUT2D eigenvalue weighted by Crippen LogP contribution is 2.36. The fraction of sp³-hybridized carbons (Fsp3) is 0.444. The molecule has 1 aromatic heterocycles. The summed E-state index contributed by atoms with van der Waals surface area (Å²) in [4.78, 5) is 15.7. The third-order valence-electron chi connectivity index (χ3n) is 7.41. The number of aliphatic hydroxyl groups excluding tert-OH is 3. The Bertz CT molecular complexity index is 1440. The number of hydrogen-bond acceptors (Lipinski definition) is 9. The van der Waals surface area contributed by atoms with Crippen molar-refractivity contribution < 1.29 is 43.1 Å². The molecule has 11 nitrogen and oxygen atoms in total. The molecule has 0 aliphatic carbocycles. The average Bonchev–Trinajstić information content (AvgIpc) is 3.60. The van der Waals surface area contributed by atoms with Gasteiger partial charge in [-0.05, 0) is 58.7 Å². The molecule has 5 rings (SSSR count). The van der Waals surface area contributed by atoms with Crippen molar-refractivity contribution in [2.75, 3.05) is 31.8 Å². The molecule has 1 amide bonds. The van der Waals surface area contributed by atoms with Crippen LogP contribution in [0.2, 0.25) is 0 Å². The van der Waals surface area contributed by atoms with Crippen molar-refractivity contribution >= 4 is 43.5 Å². The topological polar surface area (TPSA) is 139 Å². The maximum Gasteiger partial charge on any atom is 0.259 e. The van der Waals surface area contributed by atoms with Crippen LogP contribution in [-0.2, 0) is 19.0 Å². The van der Waals surface area contributed by atoms with Gasteiger partial charge in [-0.15, -0.1) is 5.10 Å². The monoisotopic (exact) mass is 716 g/mol. The Kier molecular flexibility index (Phi) is 9.39. The number of amides is 1. The molecule has 2 aromatic carbocycles. The maximum absolute atomic E-state index is 14.7. The van der Waals surface area contributed by atoms with Gasteiger partial charge in [-0.2, -0.15) is 0 Å². The number of nitrogens with zero attached hydrogens (tertiary/aromatic N) is 4. The SMILES string of the molecule is CO[C@@H]1[C@@H](n2cc(-c3ccc(Br)c(F)c3F)nn2)[C@@H](O)[C@@H](CO)O[C@H]1C(=O)N(c1cc(C)cc(Br)c1)[C@@H]1COC[C@H]1O. The van der Waals surface area contributed by atoms with Gasteiger partial charge in [0.1, 0.15) is 36.2 Å². The third-order valence-corrected chi connectivity index (χ3v) is 8.48. The number of halogens is 4. The summed E-state index contributed by atoms with van der Waals surface area (Å²) in [5.41, 5.74) is 1.09. The van der Waals surface area contributed by atoms with Crippen LogP contribution in [0, 0.1) is 18.6 Å². The van der Waals surface area contributed by atoms with E-state index in [0.29, 0.717) is 10.2 Å². The summed E-state index contributed by atoms with van der Waals surface area (Å²) < 4.78 is 47.8. The lowest BCUT2D eigenvalue weighted by Crippen LogP contribution is -2.63. The van der Waals surface area contributed by atoms with Gasteiger partial charge in [0.2, 0.25) is 0 Å². The Labute approximate surface area is 256 Å². The van der Waals surface area contributed by atoms with E-state index >= 15 is 0 Å². The standard InChI is InChI=1S/C27H28Br2F2N4O7/c1-12-5-13(28)7-14(6-12)35(18-10-41-11-19(18)37)27(39)26-25(40-2)23(24(38)20(9-36)42-26)34-8-17(32-33-34)15-3-4-16(29)22(31)21(15)30/h3-8,18-20,23-26,36-38H,9-11H2,1-2H3/t18-,19-,20-,23+,24+,25-,26-/m1/s1. The molecule has 2 aliphatic heterocycles. The van der Waals surface area contributed by atoms with Crippen LogP contribution in [0.25, 0.3) is 11.3 Å². The van der Waals surface area contributed by atoms with E-state index in [-0.39, 0.29) is 28.9 Å². The molecule has 0 unspecified atom stereocenters. The molecule has 0 spiro atoms. The Morgan fingerprint density at radius 1 is 1.19 bits per heavy atom. The summed E-state index contributed by atoms with van der Waals surface area (Å²) >= 11 is 6.39. The van der Waals surface area contributed by atoms with E-state index in [2.05, 4.69) is 42.2 Å². The molecule has 0 radical (unpaired) electrons. The summed E-state index contributed by atoms with van der Waals surface area (Å²) in [7, 11) is 1.32. The number of ether oxygens (including phenoxy) is 3. The number of aryl methyl sites for hydroxylation is 1. The molecule has 7 atom stereocenters. The third kappa shape index (κ3) is 5.76. The summed E-state index contributed by atoms with van der Waals surface area (Å²) in [6, 6.07) is 6.08. The van der Waals surface area contributed by atoms with Crippen LogP contribution in [0.5, 0.6) is 0 Å². The predicted molar refractivity (Wildman–Crippen MR) is 152 cm³/mol. The molecule has 0 bridgehead atoms. The minimum atomic E-state index is -1.44. The smallest absolute Gasteiger partial charge is 0.259 e. The van der Waals surface area contributed by atoms with Crippen LogP contribution >= 0.6 is 31.9 Å². The van der Waals surface area contributed by atoms with Crippen LogP contribution in [-0.4, -0.2) is 99.7 Å². The van der Waals surface area contributed by atoms with E-state index in [1.165, 1.54) is 35.0 Å². The first-order valence-electron chi connectivity index (χ1n) is 12.9. The first kappa shape index (κ1) is 31.1. The summed E-state index contributed by atoms with van der Waals surface area (Å²) in [5.74, 6) is -2.87. The molecule has 3 heterocycles. The maximum atomic E-state index is 14.7. The molecular formula is C27H28Br2F2N4O7. The van der Waals surface area contributed by atoms with E-state index in [9.17, 15) is 28.9 Å². The number of aromatic nitrogens is 3. The zero-order chi connectivity index (χ0) is 30.3. The summed E-state index contributed by atoms with van der Waals surface area (Å²) in [5, 5.41) is 40.0. The van der Waals surface area contributed by atoms with Crippen molar-refractivity contribution in [3.8, 4) is 11.3 Å². The van der Waals surface area contributed by atoms with Gasteiger partial charge in [0, 0.05) is 22.8 Å². The number of rotatable bonds is 7. The van der Waals surface area contributed by atoms with Gasteiger partial charge in [-0.3, -0.25) is 4.79 Å². The van der Waals surface area contributed by atoms with Crippen LogP contribution < -0.4 is 4.90 Å². The van der Waals surface area contributed by atoms with Gasteiger partial charge in [0.15, 0.2) is 17.7 Å². The Morgan fingerprint density at radius 2 is 1.95 bits per heavy atom. The Hall–Kier alpha value is -2.37. The summed E-state index contributed by atoms with van der Waals surface area (Å²) in [6.45, 7) is 1.28. The number of carbonyl (C=O) groups excluding carboxylic acids is 1.